The van der Waals surface area contributed by atoms with E-state index in [9.17, 15) is 13.2 Å². The third-order valence-electron chi connectivity index (χ3n) is 0.383. The Labute approximate surface area is 81.3 Å². The Hall–Kier alpha value is 0.120. The fraction of sp³-hybridized carbons (Fsp3) is 0. The van der Waals surface area contributed by atoms with Gasteiger partial charge in [0.1, 0.15) is 0 Å². The number of hydrogen-bond acceptors (Lipinski definition) is 3. The van der Waals surface area contributed by atoms with E-state index in [-0.39, 0.29) is 36.4 Å². The SMILES string of the molecule is O=C(O)C=CS(=O)(=O)O.[H-].[Na+]. The Morgan fingerprint density at radius 1 is 1.50 bits per heavy atom. The van der Waals surface area contributed by atoms with Gasteiger partial charge in [0, 0.05) is 6.08 Å². The van der Waals surface area contributed by atoms with Gasteiger partial charge in [0.2, 0.25) is 0 Å². The van der Waals surface area contributed by atoms with E-state index in [1.165, 1.54) is 0 Å². The molecule has 0 unspecified atom stereocenters. The molecule has 0 spiro atoms. The molecule has 0 aromatic heterocycles. The van der Waals surface area contributed by atoms with Crippen LogP contribution in [0.15, 0.2) is 11.5 Å². The van der Waals surface area contributed by atoms with Gasteiger partial charge in [0.05, 0.1) is 5.41 Å². The second-order valence-corrected chi connectivity index (χ2v) is 2.46. The molecule has 0 rings (SSSR count). The molecule has 0 aliphatic heterocycles. The molecule has 7 heteroatoms. The zero-order valence-corrected chi connectivity index (χ0v) is 8.00. The Morgan fingerprint density at radius 2 is 1.90 bits per heavy atom. The van der Waals surface area contributed by atoms with Gasteiger partial charge in [-0.2, -0.15) is 8.42 Å². The summed E-state index contributed by atoms with van der Waals surface area (Å²) in [5.41, 5.74) is 0. The van der Waals surface area contributed by atoms with Gasteiger partial charge in [-0.15, -0.1) is 0 Å². The molecule has 2 N–H and O–H groups in total. The molecule has 0 aliphatic rings. The zero-order valence-electron chi connectivity index (χ0n) is 6.18. The second-order valence-electron chi connectivity index (χ2n) is 1.16. The molecule has 54 valence electrons. The first kappa shape index (κ1) is 12.8. The van der Waals surface area contributed by atoms with E-state index in [4.69, 9.17) is 9.66 Å². The fourth-order valence-corrected chi connectivity index (χ4v) is 0.433. The first-order valence-corrected chi connectivity index (χ1v) is 3.30. The summed E-state index contributed by atoms with van der Waals surface area (Å²) in [7, 11) is -4.28. The molecule has 0 amide bonds. The molecular weight excluding hydrogens is 171 g/mol. The summed E-state index contributed by atoms with van der Waals surface area (Å²) in [6.45, 7) is 0. The zero-order chi connectivity index (χ0) is 7.49. The summed E-state index contributed by atoms with van der Waals surface area (Å²) >= 11 is 0. The summed E-state index contributed by atoms with van der Waals surface area (Å²) in [4.78, 5) is 9.58. The normalized spacial score (nSPS) is 10.9. The van der Waals surface area contributed by atoms with Crippen LogP contribution in [0.2, 0.25) is 0 Å². The maximum atomic E-state index is 9.74. The van der Waals surface area contributed by atoms with E-state index in [1.54, 1.807) is 0 Å². The van der Waals surface area contributed by atoms with Gasteiger partial charge in [0.25, 0.3) is 10.1 Å². The van der Waals surface area contributed by atoms with Crippen LogP contribution in [-0.2, 0) is 14.9 Å². The van der Waals surface area contributed by atoms with Crippen molar-refractivity contribution in [3.05, 3.63) is 11.5 Å². The summed E-state index contributed by atoms with van der Waals surface area (Å²) in [6.07, 6.45) is 0.329. The van der Waals surface area contributed by atoms with Crippen molar-refractivity contribution < 1.29 is 53.9 Å². The summed E-state index contributed by atoms with van der Waals surface area (Å²) in [5, 5.41) is 8.00. The van der Waals surface area contributed by atoms with Crippen LogP contribution in [0.3, 0.4) is 0 Å². The summed E-state index contributed by atoms with van der Waals surface area (Å²) in [5.74, 6) is -1.42. The standard InChI is InChI=1S/C3H4O5S.Na.H/c4-3(5)1-2-9(6,7)8;;/h1-2H,(H,4,5)(H,6,7,8);;/q;+1;-1. The van der Waals surface area contributed by atoms with Crippen molar-refractivity contribution in [2.45, 2.75) is 0 Å². The Balaban J connectivity index is -0.000000320. The largest absolute Gasteiger partial charge is 1.00 e. The third-order valence-corrected chi connectivity index (χ3v) is 0.863. The number of hydrogen-bond donors (Lipinski definition) is 2. The van der Waals surface area contributed by atoms with E-state index >= 15 is 0 Å². The van der Waals surface area contributed by atoms with Crippen molar-refractivity contribution in [2.75, 3.05) is 0 Å². The number of carboxylic acid groups (broad SMARTS) is 1. The van der Waals surface area contributed by atoms with Crippen molar-refractivity contribution >= 4 is 16.1 Å². The average molecular weight is 176 g/mol. The average Bonchev–Trinajstić information content (AvgIpc) is 1.59. The van der Waals surface area contributed by atoms with Crippen LogP contribution in [0.5, 0.6) is 0 Å². The van der Waals surface area contributed by atoms with Crippen LogP contribution < -0.4 is 29.6 Å². The minimum absolute atomic E-state index is 0. The molecule has 0 saturated heterocycles. The Morgan fingerprint density at radius 3 is 2.00 bits per heavy atom. The van der Waals surface area contributed by atoms with E-state index in [2.05, 4.69) is 0 Å². The quantitative estimate of drug-likeness (QED) is 0.260. The van der Waals surface area contributed by atoms with Crippen molar-refractivity contribution in [1.29, 1.82) is 0 Å². The molecular formula is C3H5NaO5S. The Bertz CT molecular complexity index is 232. The van der Waals surface area contributed by atoms with Crippen LogP contribution in [0.4, 0.5) is 0 Å². The van der Waals surface area contributed by atoms with Crippen LogP contribution in [0, 0.1) is 0 Å². The molecule has 0 aromatic rings. The maximum absolute atomic E-state index is 9.74. The first-order chi connectivity index (χ1) is 3.92. The molecule has 0 saturated carbocycles. The van der Waals surface area contributed by atoms with Gasteiger partial charge in [0.15, 0.2) is 0 Å². The maximum Gasteiger partial charge on any atom is 1.00 e. The van der Waals surface area contributed by atoms with Crippen LogP contribution >= 0.6 is 0 Å². The van der Waals surface area contributed by atoms with Gasteiger partial charge < -0.3 is 6.53 Å². The van der Waals surface area contributed by atoms with Gasteiger partial charge in [-0.3, -0.25) is 4.55 Å². The monoisotopic (exact) mass is 176 g/mol. The molecule has 0 radical (unpaired) electrons. The number of carbonyl (C=O) groups is 1. The van der Waals surface area contributed by atoms with Crippen LogP contribution in [0.25, 0.3) is 0 Å². The third kappa shape index (κ3) is 11.0. The Kier molecular flexibility index (Phi) is 6.21. The van der Waals surface area contributed by atoms with Gasteiger partial charge in [-0.25, -0.2) is 4.79 Å². The van der Waals surface area contributed by atoms with Crippen molar-refractivity contribution in [2.24, 2.45) is 0 Å². The predicted molar refractivity (Wildman–Crippen MR) is 29.4 cm³/mol. The molecule has 0 fully saturated rings. The molecule has 10 heavy (non-hydrogen) atoms. The van der Waals surface area contributed by atoms with E-state index in [1.807, 2.05) is 0 Å². The van der Waals surface area contributed by atoms with E-state index < -0.39 is 16.1 Å². The van der Waals surface area contributed by atoms with Crippen molar-refractivity contribution in [3.63, 3.8) is 0 Å². The minimum Gasteiger partial charge on any atom is -1.00 e. The molecule has 0 heterocycles. The first-order valence-electron chi connectivity index (χ1n) is 1.80. The van der Waals surface area contributed by atoms with Gasteiger partial charge >= 0.3 is 35.5 Å². The number of rotatable bonds is 2. The summed E-state index contributed by atoms with van der Waals surface area (Å²) < 4.78 is 27.4. The molecule has 0 aromatic carbocycles. The molecule has 0 bridgehead atoms. The van der Waals surface area contributed by atoms with Crippen molar-refractivity contribution in [1.82, 2.24) is 0 Å². The van der Waals surface area contributed by atoms with Crippen molar-refractivity contribution in [3.8, 4) is 0 Å². The molecule has 0 atom stereocenters. The molecule has 5 nitrogen and oxygen atoms in total. The van der Waals surface area contributed by atoms with E-state index in [0.29, 0.717) is 6.08 Å². The number of aliphatic carboxylic acids is 1. The van der Waals surface area contributed by atoms with Gasteiger partial charge in [-0.05, 0) is 0 Å². The van der Waals surface area contributed by atoms with Crippen LogP contribution in [-0.4, -0.2) is 24.0 Å². The number of carboxylic acids is 1. The summed E-state index contributed by atoms with van der Waals surface area (Å²) in [6, 6.07) is 0. The minimum atomic E-state index is -4.28. The predicted octanol–water partition coefficient (Wildman–Crippen LogP) is -3.41. The van der Waals surface area contributed by atoms with E-state index in [0.717, 1.165) is 0 Å². The smallest absolute Gasteiger partial charge is 1.00 e. The van der Waals surface area contributed by atoms with Crippen LogP contribution in [0.1, 0.15) is 1.43 Å². The fourth-order valence-electron chi connectivity index (χ4n) is 0.144. The van der Waals surface area contributed by atoms with Gasteiger partial charge in [-0.1, -0.05) is 0 Å². The molecule has 0 aliphatic carbocycles. The topological polar surface area (TPSA) is 91.7 Å². The second kappa shape index (κ2) is 4.86.